The van der Waals surface area contributed by atoms with Gasteiger partial charge < -0.3 is 15.3 Å². The molecule has 0 aromatic rings. The molecule has 1 atom stereocenters. The molecule has 0 aromatic heterocycles. The zero-order chi connectivity index (χ0) is 14.3. The molecular formula is C13H22N2O4. The Morgan fingerprint density at radius 3 is 2.68 bits per heavy atom. The molecule has 108 valence electrons. The van der Waals surface area contributed by atoms with Crippen LogP contribution in [0.2, 0.25) is 0 Å². The molecule has 2 amide bonds. The molecule has 0 aliphatic carbocycles. The Bertz CT molecular complexity index is 344. The number of hydrogen-bond acceptors (Lipinski definition) is 3. The van der Waals surface area contributed by atoms with Crippen molar-refractivity contribution in [3.63, 3.8) is 0 Å². The van der Waals surface area contributed by atoms with Gasteiger partial charge in [0.05, 0.1) is 0 Å². The van der Waals surface area contributed by atoms with Gasteiger partial charge in [0.15, 0.2) is 0 Å². The SMILES string of the molecule is CCCNC(=O)CCCC(=O)N1CCC[C@@H]1C(=O)O. The topological polar surface area (TPSA) is 86.7 Å². The highest BCUT2D eigenvalue weighted by Crippen LogP contribution is 2.19. The summed E-state index contributed by atoms with van der Waals surface area (Å²) in [7, 11) is 0. The highest BCUT2D eigenvalue weighted by molar-refractivity contribution is 5.84. The van der Waals surface area contributed by atoms with Gasteiger partial charge in [-0.1, -0.05) is 6.92 Å². The Labute approximate surface area is 113 Å². The van der Waals surface area contributed by atoms with Crippen molar-refractivity contribution in [2.75, 3.05) is 13.1 Å². The lowest BCUT2D eigenvalue weighted by Crippen LogP contribution is -2.40. The van der Waals surface area contributed by atoms with Crippen LogP contribution in [0.4, 0.5) is 0 Å². The first kappa shape index (κ1) is 15.5. The molecule has 0 aromatic carbocycles. The predicted octanol–water partition coefficient (Wildman–Crippen LogP) is 0.758. The van der Waals surface area contributed by atoms with Crippen LogP contribution in [-0.2, 0) is 14.4 Å². The summed E-state index contributed by atoms with van der Waals surface area (Å²) in [4.78, 5) is 35.6. The van der Waals surface area contributed by atoms with Crippen LogP contribution >= 0.6 is 0 Å². The van der Waals surface area contributed by atoms with Gasteiger partial charge in [0.1, 0.15) is 6.04 Å². The van der Waals surface area contributed by atoms with Gasteiger partial charge in [-0.15, -0.1) is 0 Å². The number of amides is 2. The van der Waals surface area contributed by atoms with E-state index in [4.69, 9.17) is 5.11 Å². The standard InChI is InChI=1S/C13H22N2O4/c1-2-8-14-11(16)6-3-7-12(17)15-9-4-5-10(15)13(18)19/h10H,2-9H2,1H3,(H,14,16)(H,18,19)/t10-/m1/s1. The average molecular weight is 270 g/mol. The van der Waals surface area contributed by atoms with Gasteiger partial charge in [-0.25, -0.2) is 4.79 Å². The first-order valence-electron chi connectivity index (χ1n) is 6.85. The Balaban J connectivity index is 2.27. The van der Waals surface area contributed by atoms with E-state index in [1.165, 1.54) is 4.90 Å². The zero-order valence-electron chi connectivity index (χ0n) is 11.4. The maximum atomic E-state index is 11.9. The third kappa shape index (κ3) is 4.89. The Kier molecular flexibility index (Phi) is 6.32. The number of carboxylic acid groups (broad SMARTS) is 1. The quantitative estimate of drug-likeness (QED) is 0.715. The first-order chi connectivity index (χ1) is 9.06. The summed E-state index contributed by atoms with van der Waals surface area (Å²) in [5.41, 5.74) is 0. The molecule has 1 aliphatic rings. The van der Waals surface area contributed by atoms with Gasteiger partial charge in [0, 0.05) is 25.9 Å². The highest BCUT2D eigenvalue weighted by atomic mass is 16.4. The van der Waals surface area contributed by atoms with E-state index < -0.39 is 12.0 Å². The zero-order valence-corrected chi connectivity index (χ0v) is 11.4. The van der Waals surface area contributed by atoms with Crippen LogP contribution in [-0.4, -0.2) is 46.9 Å². The second-order valence-electron chi connectivity index (χ2n) is 4.79. The molecule has 0 unspecified atom stereocenters. The number of rotatable bonds is 7. The largest absolute Gasteiger partial charge is 0.480 e. The Morgan fingerprint density at radius 2 is 2.05 bits per heavy atom. The van der Waals surface area contributed by atoms with Crippen LogP contribution in [0.15, 0.2) is 0 Å². The smallest absolute Gasteiger partial charge is 0.326 e. The minimum Gasteiger partial charge on any atom is -0.480 e. The third-order valence-electron chi connectivity index (χ3n) is 3.22. The van der Waals surface area contributed by atoms with Gasteiger partial charge in [0.25, 0.3) is 0 Å². The highest BCUT2D eigenvalue weighted by Gasteiger charge is 2.33. The van der Waals surface area contributed by atoms with Crippen LogP contribution in [0.25, 0.3) is 0 Å². The molecule has 6 heteroatoms. The van der Waals surface area contributed by atoms with Gasteiger partial charge in [-0.2, -0.15) is 0 Å². The number of likely N-dealkylation sites (tertiary alicyclic amines) is 1. The summed E-state index contributed by atoms with van der Waals surface area (Å²) in [5, 5.41) is 11.7. The van der Waals surface area contributed by atoms with Crippen LogP contribution < -0.4 is 5.32 Å². The second-order valence-corrected chi connectivity index (χ2v) is 4.79. The maximum Gasteiger partial charge on any atom is 0.326 e. The van der Waals surface area contributed by atoms with Crippen LogP contribution in [0.3, 0.4) is 0 Å². The monoisotopic (exact) mass is 270 g/mol. The fourth-order valence-corrected chi connectivity index (χ4v) is 2.22. The van der Waals surface area contributed by atoms with Crippen molar-refractivity contribution in [3.8, 4) is 0 Å². The lowest BCUT2D eigenvalue weighted by atomic mass is 10.2. The van der Waals surface area contributed by atoms with Crippen molar-refractivity contribution in [1.82, 2.24) is 10.2 Å². The van der Waals surface area contributed by atoms with Crippen LogP contribution in [0.1, 0.15) is 45.4 Å². The number of carbonyl (C=O) groups is 3. The van der Waals surface area contributed by atoms with Crippen molar-refractivity contribution < 1.29 is 19.5 Å². The van der Waals surface area contributed by atoms with E-state index in [2.05, 4.69) is 5.32 Å². The number of hydrogen-bond donors (Lipinski definition) is 2. The van der Waals surface area contributed by atoms with E-state index in [0.717, 1.165) is 12.8 Å². The molecule has 0 radical (unpaired) electrons. The fraction of sp³-hybridized carbons (Fsp3) is 0.769. The normalized spacial score (nSPS) is 18.4. The molecule has 0 spiro atoms. The Morgan fingerprint density at radius 1 is 1.32 bits per heavy atom. The molecule has 1 heterocycles. The van der Waals surface area contributed by atoms with E-state index >= 15 is 0 Å². The van der Waals surface area contributed by atoms with Gasteiger partial charge in [-0.05, 0) is 25.7 Å². The van der Waals surface area contributed by atoms with E-state index in [9.17, 15) is 14.4 Å². The molecule has 19 heavy (non-hydrogen) atoms. The van der Waals surface area contributed by atoms with E-state index in [-0.39, 0.29) is 18.2 Å². The van der Waals surface area contributed by atoms with Gasteiger partial charge in [-0.3, -0.25) is 9.59 Å². The lowest BCUT2D eigenvalue weighted by Gasteiger charge is -2.21. The van der Waals surface area contributed by atoms with Gasteiger partial charge in [0.2, 0.25) is 11.8 Å². The lowest BCUT2D eigenvalue weighted by molar-refractivity contribution is -0.148. The predicted molar refractivity (Wildman–Crippen MR) is 69.5 cm³/mol. The fourth-order valence-electron chi connectivity index (χ4n) is 2.22. The minimum absolute atomic E-state index is 0.0501. The molecule has 6 nitrogen and oxygen atoms in total. The van der Waals surface area contributed by atoms with Crippen LogP contribution in [0, 0.1) is 0 Å². The number of nitrogens with one attached hydrogen (secondary N) is 1. The van der Waals surface area contributed by atoms with Crippen molar-refractivity contribution in [3.05, 3.63) is 0 Å². The van der Waals surface area contributed by atoms with Crippen LogP contribution in [0.5, 0.6) is 0 Å². The summed E-state index contributed by atoms with van der Waals surface area (Å²) in [6, 6.07) is -0.679. The van der Waals surface area contributed by atoms with Gasteiger partial charge >= 0.3 is 5.97 Å². The Hall–Kier alpha value is -1.59. The summed E-state index contributed by atoms with van der Waals surface area (Å²) in [5.74, 6) is -1.15. The van der Waals surface area contributed by atoms with Crippen molar-refractivity contribution in [1.29, 1.82) is 0 Å². The molecule has 2 N–H and O–H groups in total. The number of nitrogens with zero attached hydrogens (tertiary/aromatic N) is 1. The number of carboxylic acids is 1. The average Bonchev–Trinajstić information content (AvgIpc) is 2.85. The van der Waals surface area contributed by atoms with Crippen molar-refractivity contribution in [2.45, 2.75) is 51.5 Å². The third-order valence-corrected chi connectivity index (χ3v) is 3.22. The van der Waals surface area contributed by atoms with Crippen molar-refractivity contribution >= 4 is 17.8 Å². The molecule has 1 aliphatic heterocycles. The number of carbonyl (C=O) groups excluding carboxylic acids is 2. The van der Waals surface area contributed by atoms with E-state index in [0.29, 0.717) is 32.4 Å². The molecular weight excluding hydrogens is 248 g/mol. The molecule has 1 fully saturated rings. The van der Waals surface area contributed by atoms with Crippen molar-refractivity contribution in [2.24, 2.45) is 0 Å². The second kappa shape index (κ2) is 7.76. The summed E-state index contributed by atoms with van der Waals surface area (Å²) >= 11 is 0. The minimum atomic E-state index is -0.938. The summed E-state index contributed by atoms with van der Waals surface area (Å²) in [6.45, 7) is 3.14. The molecule has 0 saturated carbocycles. The molecule has 0 bridgehead atoms. The van der Waals surface area contributed by atoms with E-state index in [1.54, 1.807) is 0 Å². The molecule has 1 rings (SSSR count). The summed E-state index contributed by atoms with van der Waals surface area (Å²) < 4.78 is 0. The maximum absolute atomic E-state index is 11.9. The number of aliphatic carboxylic acids is 1. The van der Waals surface area contributed by atoms with E-state index in [1.807, 2.05) is 6.92 Å². The first-order valence-corrected chi connectivity index (χ1v) is 6.85. The summed E-state index contributed by atoms with van der Waals surface area (Å²) in [6.07, 6.45) is 3.17. The molecule has 1 saturated heterocycles.